The summed E-state index contributed by atoms with van der Waals surface area (Å²) in [5, 5.41) is 6.22. The normalized spacial score (nSPS) is 20.9. The summed E-state index contributed by atoms with van der Waals surface area (Å²) in [6.45, 7) is 0.373. The molecule has 6 rings (SSSR count). The quantitative estimate of drug-likeness (QED) is 0.324. The van der Waals surface area contributed by atoms with Crippen LogP contribution in [0.2, 0.25) is 0 Å². The summed E-state index contributed by atoms with van der Waals surface area (Å²) in [5.41, 5.74) is 4.46. The smallest absolute Gasteiger partial charge is 0.240 e. The van der Waals surface area contributed by atoms with Gasteiger partial charge in [0.1, 0.15) is 0 Å². The zero-order chi connectivity index (χ0) is 23.8. The van der Waals surface area contributed by atoms with E-state index < -0.39 is 10.0 Å². The number of hydrogen-bond donors (Lipinski definition) is 2. The van der Waals surface area contributed by atoms with E-state index in [1.165, 1.54) is 16.3 Å². The largest absolute Gasteiger partial charge is 0.378 e. The molecule has 176 valence electrons. The van der Waals surface area contributed by atoms with Gasteiger partial charge in [-0.3, -0.25) is 0 Å². The van der Waals surface area contributed by atoms with Crippen molar-refractivity contribution in [3.8, 4) is 0 Å². The van der Waals surface area contributed by atoms with Crippen LogP contribution in [0.3, 0.4) is 0 Å². The van der Waals surface area contributed by atoms with Crippen LogP contribution in [0.15, 0.2) is 108 Å². The summed E-state index contributed by atoms with van der Waals surface area (Å²) in [5.74, 6) is 0.551. The molecule has 35 heavy (non-hydrogen) atoms. The predicted molar refractivity (Wildman–Crippen MR) is 142 cm³/mol. The van der Waals surface area contributed by atoms with Crippen LogP contribution in [0.4, 0.5) is 5.69 Å². The van der Waals surface area contributed by atoms with Crippen molar-refractivity contribution in [3.05, 3.63) is 120 Å². The molecule has 0 bridgehead atoms. The molecule has 0 spiro atoms. The molecule has 3 atom stereocenters. The van der Waals surface area contributed by atoms with E-state index >= 15 is 0 Å². The van der Waals surface area contributed by atoms with Crippen LogP contribution in [-0.2, 0) is 16.4 Å². The number of nitrogens with one attached hydrogen (secondary N) is 2. The Morgan fingerprint density at radius 2 is 1.66 bits per heavy atom. The van der Waals surface area contributed by atoms with E-state index in [-0.39, 0.29) is 12.0 Å². The third-order valence-electron chi connectivity index (χ3n) is 7.33. The molecule has 4 aromatic carbocycles. The Morgan fingerprint density at radius 1 is 0.857 bits per heavy atom. The number of sulfonamides is 1. The van der Waals surface area contributed by atoms with Gasteiger partial charge >= 0.3 is 0 Å². The van der Waals surface area contributed by atoms with E-state index in [9.17, 15) is 8.42 Å². The van der Waals surface area contributed by atoms with Crippen LogP contribution < -0.4 is 10.0 Å². The molecular weight excluding hydrogens is 452 g/mol. The zero-order valence-corrected chi connectivity index (χ0v) is 20.2. The number of allylic oxidation sites excluding steroid dienone is 2. The highest BCUT2D eigenvalue weighted by atomic mass is 32.2. The average Bonchev–Trinajstić information content (AvgIpc) is 3.39. The lowest BCUT2D eigenvalue weighted by atomic mass is 9.77. The Balaban J connectivity index is 1.26. The molecule has 0 saturated carbocycles. The monoisotopic (exact) mass is 480 g/mol. The molecule has 0 saturated heterocycles. The van der Waals surface area contributed by atoms with Crippen molar-refractivity contribution in [1.29, 1.82) is 0 Å². The lowest BCUT2D eigenvalue weighted by Crippen LogP contribution is -2.30. The van der Waals surface area contributed by atoms with E-state index in [1.54, 1.807) is 6.07 Å². The predicted octanol–water partition coefficient (Wildman–Crippen LogP) is 6.19. The topological polar surface area (TPSA) is 58.2 Å². The van der Waals surface area contributed by atoms with Crippen LogP contribution in [-0.4, -0.2) is 15.0 Å². The molecule has 5 heteroatoms. The average molecular weight is 481 g/mol. The van der Waals surface area contributed by atoms with Gasteiger partial charge in [0.25, 0.3) is 0 Å². The number of benzene rings is 4. The van der Waals surface area contributed by atoms with Crippen molar-refractivity contribution in [2.45, 2.75) is 29.7 Å². The van der Waals surface area contributed by atoms with E-state index in [0.29, 0.717) is 23.8 Å². The van der Waals surface area contributed by atoms with Crippen LogP contribution in [0, 0.1) is 5.92 Å². The van der Waals surface area contributed by atoms with Crippen molar-refractivity contribution < 1.29 is 8.42 Å². The highest BCUT2D eigenvalue weighted by Crippen LogP contribution is 2.50. The van der Waals surface area contributed by atoms with E-state index in [2.05, 4.69) is 64.7 Å². The second-order valence-electron chi connectivity index (χ2n) is 9.46. The molecule has 0 amide bonds. The summed E-state index contributed by atoms with van der Waals surface area (Å²) >= 11 is 0. The maximum Gasteiger partial charge on any atom is 0.240 e. The highest BCUT2D eigenvalue weighted by Gasteiger charge is 2.38. The summed E-state index contributed by atoms with van der Waals surface area (Å²) in [6, 6.07) is 30.7. The van der Waals surface area contributed by atoms with Crippen molar-refractivity contribution in [2.75, 3.05) is 11.9 Å². The molecule has 0 fully saturated rings. The Labute approximate surface area is 206 Å². The van der Waals surface area contributed by atoms with Crippen molar-refractivity contribution >= 4 is 26.5 Å². The molecule has 2 aliphatic rings. The maximum atomic E-state index is 13.1. The number of hydrogen-bond acceptors (Lipinski definition) is 3. The second-order valence-corrected chi connectivity index (χ2v) is 11.2. The molecule has 1 aliphatic heterocycles. The van der Waals surface area contributed by atoms with Crippen molar-refractivity contribution in [3.63, 3.8) is 0 Å². The first-order chi connectivity index (χ1) is 17.1. The van der Waals surface area contributed by atoms with Crippen molar-refractivity contribution in [1.82, 2.24) is 4.72 Å². The van der Waals surface area contributed by atoms with Gasteiger partial charge in [-0.2, -0.15) is 0 Å². The van der Waals surface area contributed by atoms with Crippen LogP contribution in [0.1, 0.15) is 35.1 Å². The van der Waals surface area contributed by atoms with Crippen molar-refractivity contribution in [2.24, 2.45) is 5.92 Å². The fourth-order valence-electron chi connectivity index (χ4n) is 5.53. The van der Waals surface area contributed by atoms with Gasteiger partial charge < -0.3 is 5.32 Å². The Kier molecular flexibility index (Phi) is 5.67. The summed E-state index contributed by atoms with van der Waals surface area (Å²) in [6.07, 6.45) is 6.12. The molecule has 3 unspecified atom stereocenters. The number of anilines is 1. The SMILES string of the molecule is O=S(=O)(NCCc1ccccc1)c1ccc2c(c1)C1C=CCC1C(c1ccc3ccccc3c1)N2. The van der Waals surface area contributed by atoms with Crippen LogP contribution in [0.25, 0.3) is 10.8 Å². The second kappa shape index (κ2) is 8.99. The summed E-state index contributed by atoms with van der Waals surface area (Å²) < 4.78 is 28.9. The fourth-order valence-corrected chi connectivity index (χ4v) is 6.60. The highest BCUT2D eigenvalue weighted by molar-refractivity contribution is 7.89. The van der Waals surface area contributed by atoms with Crippen LogP contribution in [0.5, 0.6) is 0 Å². The summed E-state index contributed by atoms with van der Waals surface area (Å²) in [4.78, 5) is 0.328. The van der Waals surface area contributed by atoms with Gasteiger partial charge in [-0.05, 0) is 70.5 Å². The van der Waals surface area contributed by atoms with Gasteiger partial charge in [-0.1, -0.05) is 78.9 Å². The lowest BCUT2D eigenvalue weighted by Gasteiger charge is -2.37. The fraction of sp³-hybridized carbons (Fsp3) is 0.200. The minimum absolute atomic E-state index is 0.179. The summed E-state index contributed by atoms with van der Waals surface area (Å²) in [7, 11) is -3.58. The molecule has 0 aromatic heterocycles. The van der Waals surface area contributed by atoms with Crippen LogP contribution >= 0.6 is 0 Å². The zero-order valence-electron chi connectivity index (χ0n) is 19.4. The number of fused-ring (bicyclic) bond motifs is 4. The molecule has 4 aromatic rings. The van der Waals surface area contributed by atoms with E-state index in [0.717, 1.165) is 23.2 Å². The lowest BCUT2D eigenvalue weighted by molar-refractivity contribution is 0.425. The van der Waals surface area contributed by atoms with E-state index in [1.807, 2.05) is 42.5 Å². The molecule has 1 aliphatic carbocycles. The first-order valence-corrected chi connectivity index (χ1v) is 13.7. The minimum Gasteiger partial charge on any atom is -0.378 e. The first kappa shape index (κ1) is 22.1. The van der Waals surface area contributed by atoms with Gasteiger partial charge in [-0.25, -0.2) is 13.1 Å². The van der Waals surface area contributed by atoms with E-state index in [4.69, 9.17) is 0 Å². The Bertz CT molecular complexity index is 1510. The third-order valence-corrected chi connectivity index (χ3v) is 8.78. The molecule has 1 heterocycles. The Morgan fingerprint density at radius 3 is 2.51 bits per heavy atom. The molecule has 4 nitrogen and oxygen atoms in total. The third kappa shape index (κ3) is 4.26. The first-order valence-electron chi connectivity index (χ1n) is 12.2. The van der Waals surface area contributed by atoms with Gasteiger partial charge in [0, 0.05) is 18.2 Å². The molecular formula is C30H28N2O2S. The van der Waals surface area contributed by atoms with Gasteiger partial charge in [0.2, 0.25) is 10.0 Å². The van der Waals surface area contributed by atoms with Gasteiger partial charge in [0.15, 0.2) is 0 Å². The van der Waals surface area contributed by atoms with Gasteiger partial charge in [0.05, 0.1) is 10.9 Å². The van der Waals surface area contributed by atoms with Gasteiger partial charge in [-0.15, -0.1) is 0 Å². The standard InChI is InChI=1S/C30H28N2O2S/c33-35(34,31-18-17-21-7-2-1-3-8-21)25-15-16-29-28(20-25)26-11-6-12-27(26)30(32-29)24-14-13-22-9-4-5-10-23(22)19-24/h1-11,13-16,19-20,26-27,30-32H,12,17-18H2. The maximum absolute atomic E-state index is 13.1. The molecule has 2 N–H and O–H groups in total. The number of rotatable bonds is 6. The molecule has 0 radical (unpaired) electrons. The minimum atomic E-state index is -3.58. The Hall–Kier alpha value is -3.41.